The third kappa shape index (κ3) is 5.78. The van der Waals surface area contributed by atoms with Gasteiger partial charge in [-0.25, -0.2) is 0 Å². The lowest BCUT2D eigenvalue weighted by Crippen LogP contribution is -2.47. The van der Waals surface area contributed by atoms with Gasteiger partial charge in [0.15, 0.2) is 0 Å². The molecule has 1 saturated heterocycles. The highest BCUT2D eigenvalue weighted by atomic mass is 16.5. The zero-order valence-corrected chi connectivity index (χ0v) is 19.2. The monoisotopic (exact) mass is 438 g/mol. The van der Waals surface area contributed by atoms with E-state index in [0.717, 1.165) is 55.2 Å². The molecule has 7 nitrogen and oxygen atoms in total. The highest BCUT2D eigenvalue weighted by Crippen LogP contribution is 2.45. The lowest BCUT2D eigenvalue weighted by Gasteiger charge is -2.37. The minimum absolute atomic E-state index is 0.0605. The molecule has 1 amide bonds. The van der Waals surface area contributed by atoms with Gasteiger partial charge in [0, 0.05) is 24.5 Å². The molecule has 2 aliphatic rings. The Balaban J connectivity index is 0.000000671. The van der Waals surface area contributed by atoms with Crippen LogP contribution >= 0.6 is 0 Å². The van der Waals surface area contributed by atoms with E-state index in [1.54, 1.807) is 13.0 Å². The number of likely N-dealkylation sites (tertiary alicyclic amines) is 1. The lowest BCUT2D eigenvalue weighted by molar-refractivity contribution is -0.122. The fourth-order valence-electron chi connectivity index (χ4n) is 3.99. The van der Waals surface area contributed by atoms with Crippen molar-refractivity contribution in [3.05, 3.63) is 53.6 Å². The molecule has 0 radical (unpaired) electrons. The Kier molecular flexibility index (Phi) is 9.51. The van der Waals surface area contributed by atoms with Crippen LogP contribution in [-0.2, 0) is 10.2 Å². The summed E-state index contributed by atoms with van der Waals surface area (Å²) in [5.41, 5.74) is 8.32. The van der Waals surface area contributed by atoms with E-state index in [-0.39, 0.29) is 12.5 Å². The number of ether oxygens (including phenoxy) is 1. The number of amides is 1. The number of nitrogens with two attached hydrogens (primary N) is 1. The molecule has 2 aromatic rings. The second kappa shape index (κ2) is 12.1. The molecule has 7 heteroatoms. The molecule has 4 N–H and O–H groups in total. The maximum atomic E-state index is 12.7. The Labute approximate surface area is 190 Å². The Hall–Kier alpha value is -3.08. The number of hydrogen-bond acceptors (Lipinski definition) is 6. The summed E-state index contributed by atoms with van der Waals surface area (Å²) in [5.74, 6) is 0.871. The molecule has 2 aliphatic heterocycles. The number of aliphatic hydroxyl groups is 1. The average molecular weight is 439 g/mol. The van der Waals surface area contributed by atoms with Crippen molar-refractivity contribution in [1.82, 2.24) is 4.90 Å². The fourth-order valence-corrected chi connectivity index (χ4v) is 3.99. The molecule has 2 heterocycles. The van der Waals surface area contributed by atoms with Gasteiger partial charge in [-0.2, -0.15) is 5.26 Å². The van der Waals surface area contributed by atoms with Gasteiger partial charge in [0.25, 0.3) is 0 Å². The number of nitriles is 1. The number of aliphatic hydroxyl groups excluding tert-OH is 1. The van der Waals surface area contributed by atoms with Crippen LogP contribution in [0.4, 0.5) is 11.4 Å². The molecule has 0 unspecified atom stereocenters. The zero-order valence-electron chi connectivity index (χ0n) is 19.2. The smallest absolute Gasteiger partial charge is 0.235 e. The van der Waals surface area contributed by atoms with Gasteiger partial charge >= 0.3 is 0 Å². The largest absolute Gasteiger partial charge is 0.492 e. The van der Waals surface area contributed by atoms with Crippen LogP contribution in [0.25, 0.3) is 0 Å². The molecule has 0 bridgehead atoms. The molecular formula is C25H34N4O3. The molecule has 0 aromatic heterocycles. The number of carbonyl (C=O) groups excluding carboxylic acids is 1. The number of rotatable bonds is 4. The van der Waals surface area contributed by atoms with E-state index in [0.29, 0.717) is 12.2 Å². The summed E-state index contributed by atoms with van der Waals surface area (Å²) in [6, 6.07) is 15.0. The van der Waals surface area contributed by atoms with Gasteiger partial charge in [-0.05, 0) is 80.9 Å². The number of carbonyl (C=O) groups is 1. The van der Waals surface area contributed by atoms with Crippen molar-refractivity contribution in [2.45, 2.75) is 39.0 Å². The Morgan fingerprint density at radius 2 is 1.81 bits per heavy atom. The van der Waals surface area contributed by atoms with Gasteiger partial charge in [-0.15, -0.1) is 0 Å². The Morgan fingerprint density at radius 3 is 2.41 bits per heavy atom. The van der Waals surface area contributed by atoms with Gasteiger partial charge in [0.1, 0.15) is 12.4 Å². The molecule has 4 rings (SSSR count). The maximum Gasteiger partial charge on any atom is 0.235 e. The van der Waals surface area contributed by atoms with E-state index in [2.05, 4.69) is 16.3 Å². The molecule has 1 fully saturated rings. The normalized spacial score (nSPS) is 15.9. The van der Waals surface area contributed by atoms with E-state index < -0.39 is 5.41 Å². The standard InChI is InChI=1S/C21H22N4O2.C2H6O.C2H6/c22-14-15-1-6-19-18(13-15)21(20(26)24-19)7-9-25(10-8-21)11-12-27-17-4-2-16(23)3-5-17;1-2-3;1-2/h1-6,13H,7-12,23H2,(H,24,26);3H,2H2,1H3;1-2H3. The first-order valence-corrected chi connectivity index (χ1v) is 11.2. The van der Waals surface area contributed by atoms with Crippen molar-refractivity contribution >= 4 is 17.3 Å². The van der Waals surface area contributed by atoms with E-state index in [9.17, 15) is 10.1 Å². The van der Waals surface area contributed by atoms with E-state index in [1.165, 1.54) is 0 Å². The first-order chi connectivity index (χ1) is 15.5. The summed E-state index contributed by atoms with van der Waals surface area (Å²) in [7, 11) is 0. The molecule has 172 valence electrons. The first kappa shape index (κ1) is 25.2. The van der Waals surface area contributed by atoms with Crippen molar-refractivity contribution < 1.29 is 14.6 Å². The third-order valence-corrected chi connectivity index (χ3v) is 5.61. The summed E-state index contributed by atoms with van der Waals surface area (Å²) in [6.07, 6.45) is 1.51. The average Bonchev–Trinajstić information content (AvgIpc) is 3.08. The lowest BCUT2D eigenvalue weighted by atomic mass is 9.73. The van der Waals surface area contributed by atoms with Crippen molar-refractivity contribution in [2.24, 2.45) is 0 Å². The summed E-state index contributed by atoms with van der Waals surface area (Å²) in [5, 5.41) is 19.7. The van der Waals surface area contributed by atoms with Crippen LogP contribution < -0.4 is 15.8 Å². The predicted octanol–water partition coefficient (Wildman–Crippen LogP) is 3.53. The van der Waals surface area contributed by atoms with Crippen LogP contribution in [-0.4, -0.2) is 48.8 Å². The second-order valence-electron chi connectivity index (χ2n) is 7.48. The van der Waals surface area contributed by atoms with Gasteiger partial charge < -0.3 is 20.9 Å². The van der Waals surface area contributed by atoms with Crippen LogP contribution in [0.5, 0.6) is 5.75 Å². The van der Waals surface area contributed by atoms with Crippen molar-refractivity contribution in [2.75, 3.05) is 43.9 Å². The van der Waals surface area contributed by atoms with Gasteiger partial charge in [0.05, 0.1) is 17.0 Å². The molecule has 32 heavy (non-hydrogen) atoms. The quantitative estimate of drug-likeness (QED) is 0.630. The fraction of sp³-hybridized carbons (Fsp3) is 0.440. The number of nitrogen functional groups attached to an aromatic ring is 1. The summed E-state index contributed by atoms with van der Waals surface area (Å²) in [4.78, 5) is 15.0. The number of benzene rings is 2. The van der Waals surface area contributed by atoms with Crippen molar-refractivity contribution in [3.8, 4) is 11.8 Å². The molecule has 1 spiro atoms. The number of hydrogen-bond donors (Lipinski definition) is 3. The van der Waals surface area contributed by atoms with Crippen molar-refractivity contribution in [3.63, 3.8) is 0 Å². The minimum atomic E-state index is -0.503. The maximum absolute atomic E-state index is 12.7. The van der Waals surface area contributed by atoms with Gasteiger partial charge in [-0.1, -0.05) is 13.8 Å². The number of nitrogens with zero attached hydrogens (tertiary/aromatic N) is 2. The van der Waals surface area contributed by atoms with Crippen LogP contribution in [0.15, 0.2) is 42.5 Å². The van der Waals surface area contributed by atoms with Gasteiger partial charge in [-0.3, -0.25) is 9.69 Å². The van der Waals surface area contributed by atoms with Crippen LogP contribution in [0, 0.1) is 11.3 Å². The van der Waals surface area contributed by atoms with Crippen molar-refractivity contribution in [1.29, 1.82) is 5.26 Å². The Bertz CT molecular complexity index is 914. The van der Waals surface area contributed by atoms with E-state index >= 15 is 0 Å². The van der Waals surface area contributed by atoms with E-state index in [4.69, 9.17) is 15.6 Å². The summed E-state index contributed by atoms with van der Waals surface area (Å²) < 4.78 is 5.78. The highest BCUT2D eigenvalue weighted by molar-refractivity contribution is 6.06. The summed E-state index contributed by atoms with van der Waals surface area (Å²) in [6.45, 7) is 8.99. The van der Waals surface area contributed by atoms with Crippen LogP contribution in [0.3, 0.4) is 0 Å². The number of piperidine rings is 1. The zero-order chi connectivity index (χ0) is 23.6. The van der Waals surface area contributed by atoms with Crippen LogP contribution in [0.1, 0.15) is 44.7 Å². The first-order valence-electron chi connectivity index (χ1n) is 11.2. The third-order valence-electron chi connectivity index (χ3n) is 5.61. The topological polar surface area (TPSA) is 112 Å². The second-order valence-corrected chi connectivity index (χ2v) is 7.48. The molecule has 0 aliphatic carbocycles. The highest BCUT2D eigenvalue weighted by Gasteiger charge is 2.48. The summed E-state index contributed by atoms with van der Waals surface area (Å²) >= 11 is 0. The number of anilines is 2. The molecular weight excluding hydrogens is 404 g/mol. The van der Waals surface area contributed by atoms with Gasteiger partial charge in [0.2, 0.25) is 5.91 Å². The number of fused-ring (bicyclic) bond motifs is 2. The predicted molar refractivity (Wildman–Crippen MR) is 128 cm³/mol. The molecule has 2 aromatic carbocycles. The minimum Gasteiger partial charge on any atom is -0.492 e. The SMILES string of the molecule is CC.CCO.N#Cc1ccc2c(c1)C1(CCN(CCOc3ccc(N)cc3)CC1)C(=O)N2. The molecule has 0 saturated carbocycles. The Morgan fingerprint density at radius 1 is 1.19 bits per heavy atom. The molecule has 0 atom stereocenters. The van der Waals surface area contributed by atoms with E-state index in [1.807, 2.05) is 50.2 Å². The number of nitrogens with one attached hydrogen (secondary N) is 1. The van der Waals surface area contributed by atoms with Crippen LogP contribution in [0.2, 0.25) is 0 Å².